The summed E-state index contributed by atoms with van der Waals surface area (Å²) in [5, 5.41) is 0. The molecule has 150 valence electrons. The third-order valence-corrected chi connectivity index (χ3v) is 6.60. The number of rotatable bonds is 5. The van der Waals surface area contributed by atoms with Crippen molar-refractivity contribution >= 4 is 21.6 Å². The van der Waals surface area contributed by atoms with E-state index in [4.69, 9.17) is 0 Å². The highest BCUT2D eigenvalue weighted by atomic mass is 32.2. The Kier molecular flexibility index (Phi) is 6.05. The van der Waals surface area contributed by atoms with Gasteiger partial charge in [-0.1, -0.05) is 25.1 Å². The summed E-state index contributed by atoms with van der Waals surface area (Å²) in [5.74, 6) is -0.0564. The van der Waals surface area contributed by atoms with Crippen molar-refractivity contribution in [1.29, 1.82) is 0 Å². The van der Waals surface area contributed by atoms with Crippen LogP contribution >= 0.6 is 0 Å². The zero-order chi connectivity index (χ0) is 20.3. The lowest BCUT2D eigenvalue weighted by Gasteiger charge is -2.39. The first kappa shape index (κ1) is 20.4. The van der Waals surface area contributed by atoms with E-state index in [1.165, 1.54) is 12.1 Å². The number of benzene rings is 2. The Bertz CT molecular complexity index is 942. The second kappa shape index (κ2) is 8.32. The topological polar surface area (TPSA) is 69.7 Å². The predicted octanol–water partition coefficient (Wildman–Crippen LogP) is 2.96. The minimum Gasteiger partial charge on any atom is -0.333 e. The lowest BCUT2D eigenvalue weighted by atomic mass is 10.1. The Balaban J connectivity index is 1.74. The van der Waals surface area contributed by atoms with Crippen molar-refractivity contribution in [1.82, 2.24) is 9.80 Å². The SMILES string of the molecule is CCN1CCN(C(=O)c2ccc(S(=O)(=O)Nc3ccccc3C)cc2)C(C)C1. The number of hydrogen-bond acceptors (Lipinski definition) is 4. The number of sulfonamides is 1. The van der Waals surface area contributed by atoms with Crippen molar-refractivity contribution in [3.8, 4) is 0 Å². The molecule has 2 aromatic carbocycles. The van der Waals surface area contributed by atoms with Crippen molar-refractivity contribution in [3.63, 3.8) is 0 Å². The fraction of sp³-hybridized carbons (Fsp3) is 0.381. The number of nitrogens with one attached hydrogen (secondary N) is 1. The summed E-state index contributed by atoms with van der Waals surface area (Å²) in [7, 11) is -3.71. The minimum absolute atomic E-state index is 0.0564. The molecule has 2 aromatic rings. The van der Waals surface area contributed by atoms with E-state index in [0.717, 1.165) is 25.2 Å². The maximum absolute atomic E-state index is 12.8. The number of amides is 1. The number of aryl methyl sites for hydroxylation is 1. The van der Waals surface area contributed by atoms with Crippen LogP contribution in [0.2, 0.25) is 0 Å². The van der Waals surface area contributed by atoms with Crippen LogP contribution in [0.4, 0.5) is 5.69 Å². The van der Waals surface area contributed by atoms with Gasteiger partial charge in [0.05, 0.1) is 10.6 Å². The zero-order valence-electron chi connectivity index (χ0n) is 16.6. The summed E-state index contributed by atoms with van der Waals surface area (Å²) in [5.41, 5.74) is 1.90. The van der Waals surface area contributed by atoms with Crippen molar-refractivity contribution in [2.24, 2.45) is 0 Å². The third-order valence-electron chi connectivity index (χ3n) is 5.22. The zero-order valence-corrected chi connectivity index (χ0v) is 17.4. The monoisotopic (exact) mass is 401 g/mol. The molecule has 3 rings (SSSR count). The first-order valence-electron chi connectivity index (χ1n) is 9.53. The lowest BCUT2D eigenvalue weighted by molar-refractivity contribution is 0.0499. The summed E-state index contributed by atoms with van der Waals surface area (Å²) < 4.78 is 27.9. The summed E-state index contributed by atoms with van der Waals surface area (Å²) in [6, 6.07) is 13.5. The number of para-hydroxylation sites is 1. The Hall–Kier alpha value is -2.38. The van der Waals surface area contributed by atoms with Gasteiger partial charge in [0, 0.05) is 31.2 Å². The van der Waals surface area contributed by atoms with E-state index < -0.39 is 10.0 Å². The van der Waals surface area contributed by atoms with Crippen LogP contribution in [-0.2, 0) is 10.0 Å². The Morgan fingerprint density at radius 1 is 1.11 bits per heavy atom. The minimum atomic E-state index is -3.71. The van der Waals surface area contributed by atoms with E-state index in [2.05, 4.69) is 16.5 Å². The molecule has 0 bridgehead atoms. The van der Waals surface area contributed by atoms with Gasteiger partial charge in [-0.05, 0) is 56.3 Å². The van der Waals surface area contributed by atoms with E-state index in [0.29, 0.717) is 17.8 Å². The fourth-order valence-corrected chi connectivity index (χ4v) is 4.59. The second-order valence-corrected chi connectivity index (χ2v) is 8.87. The Labute approximate surface area is 167 Å². The van der Waals surface area contributed by atoms with Gasteiger partial charge in [-0.3, -0.25) is 14.4 Å². The molecule has 28 heavy (non-hydrogen) atoms. The molecular formula is C21H27N3O3S. The summed E-state index contributed by atoms with van der Waals surface area (Å²) in [4.78, 5) is 17.2. The largest absolute Gasteiger partial charge is 0.333 e. The van der Waals surface area contributed by atoms with Gasteiger partial charge in [0.1, 0.15) is 0 Å². The molecule has 1 aliphatic rings. The maximum Gasteiger partial charge on any atom is 0.261 e. The van der Waals surface area contributed by atoms with Crippen LogP contribution in [0.5, 0.6) is 0 Å². The normalized spacial score (nSPS) is 18.1. The number of likely N-dealkylation sites (N-methyl/N-ethyl adjacent to an activating group) is 1. The molecule has 1 atom stereocenters. The Morgan fingerprint density at radius 3 is 2.39 bits per heavy atom. The smallest absolute Gasteiger partial charge is 0.261 e. The van der Waals surface area contributed by atoms with Crippen LogP contribution in [0, 0.1) is 6.92 Å². The number of hydrogen-bond donors (Lipinski definition) is 1. The van der Waals surface area contributed by atoms with Crippen molar-refractivity contribution < 1.29 is 13.2 Å². The number of carbonyl (C=O) groups excluding carboxylic acids is 1. The van der Waals surface area contributed by atoms with Crippen LogP contribution in [0.1, 0.15) is 29.8 Å². The van der Waals surface area contributed by atoms with E-state index >= 15 is 0 Å². The predicted molar refractivity (Wildman–Crippen MR) is 111 cm³/mol. The van der Waals surface area contributed by atoms with Crippen molar-refractivity contribution in [2.75, 3.05) is 30.9 Å². The summed E-state index contributed by atoms with van der Waals surface area (Å²) >= 11 is 0. The highest BCUT2D eigenvalue weighted by Crippen LogP contribution is 2.21. The molecular weight excluding hydrogens is 374 g/mol. The van der Waals surface area contributed by atoms with Gasteiger partial charge >= 0.3 is 0 Å². The van der Waals surface area contributed by atoms with Gasteiger partial charge in [0.15, 0.2) is 0 Å². The molecule has 1 heterocycles. The van der Waals surface area contributed by atoms with Crippen molar-refractivity contribution in [3.05, 3.63) is 59.7 Å². The van der Waals surface area contributed by atoms with Gasteiger partial charge < -0.3 is 4.90 Å². The molecule has 0 spiro atoms. The fourth-order valence-electron chi connectivity index (χ4n) is 3.46. The molecule has 0 aromatic heterocycles. The molecule has 0 radical (unpaired) electrons. The van der Waals surface area contributed by atoms with Crippen LogP contribution in [0.25, 0.3) is 0 Å². The van der Waals surface area contributed by atoms with Gasteiger partial charge in [-0.2, -0.15) is 0 Å². The molecule has 7 heteroatoms. The lowest BCUT2D eigenvalue weighted by Crippen LogP contribution is -2.53. The van der Waals surface area contributed by atoms with Gasteiger partial charge in [-0.15, -0.1) is 0 Å². The molecule has 0 aliphatic carbocycles. The Morgan fingerprint density at radius 2 is 1.79 bits per heavy atom. The summed E-state index contributed by atoms with van der Waals surface area (Å²) in [6.45, 7) is 9.39. The highest BCUT2D eigenvalue weighted by Gasteiger charge is 2.27. The number of nitrogens with zero attached hydrogens (tertiary/aromatic N) is 2. The third kappa shape index (κ3) is 4.36. The van der Waals surface area contributed by atoms with Gasteiger partial charge in [0.25, 0.3) is 15.9 Å². The molecule has 1 fully saturated rings. The van der Waals surface area contributed by atoms with Crippen LogP contribution in [0.3, 0.4) is 0 Å². The van der Waals surface area contributed by atoms with Crippen LogP contribution in [0.15, 0.2) is 53.4 Å². The summed E-state index contributed by atoms with van der Waals surface area (Å²) in [6.07, 6.45) is 0. The second-order valence-electron chi connectivity index (χ2n) is 7.19. The highest BCUT2D eigenvalue weighted by molar-refractivity contribution is 7.92. The first-order valence-corrected chi connectivity index (χ1v) is 11.0. The average Bonchev–Trinajstić information content (AvgIpc) is 2.69. The number of carbonyl (C=O) groups is 1. The van der Waals surface area contributed by atoms with E-state index in [1.54, 1.807) is 24.3 Å². The van der Waals surface area contributed by atoms with E-state index in [1.807, 2.05) is 30.9 Å². The molecule has 6 nitrogen and oxygen atoms in total. The quantitative estimate of drug-likeness (QED) is 0.836. The molecule has 1 saturated heterocycles. The average molecular weight is 402 g/mol. The molecule has 1 unspecified atom stereocenters. The van der Waals surface area contributed by atoms with Crippen molar-refractivity contribution in [2.45, 2.75) is 31.7 Å². The van der Waals surface area contributed by atoms with Crippen LogP contribution in [-0.4, -0.2) is 56.3 Å². The van der Waals surface area contributed by atoms with E-state index in [9.17, 15) is 13.2 Å². The molecule has 0 saturated carbocycles. The number of piperazine rings is 1. The first-order chi connectivity index (χ1) is 13.3. The molecule has 1 amide bonds. The van der Waals surface area contributed by atoms with Gasteiger partial charge in [0.2, 0.25) is 0 Å². The maximum atomic E-state index is 12.8. The molecule has 1 N–H and O–H groups in total. The van der Waals surface area contributed by atoms with Crippen LogP contribution < -0.4 is 4.72 Å². The molecule has 1 aliphatic heterocycles. The number of anilines is 1. The van der Waals surface area contributed by atoms with E-state index in [-0.39, 0.29) is 16.8 Å². The van der Waals surface area contributed by atoms with Gasteiger partial charge in [-0.25, -0.2) is 8.42 Å². The standard InChI is InChI=1S/C21H27N3O3S/c1-4-23-13-14-24(17(3)15-23)21(25)18-9-11-19(12-10-18)28(26,27)22-20-8-6-5-7-16(20)2/h5-12,17,22H,4,13-15H2,1-3H3.